The summed E-state index contributed by atoms with van der Waals surface area (Å²) in [6, 6.07) is 0.200. The molecule has 2 saturated heterocycles. The molecule has 5 nitrogen and oxygen atoms in total. The van der Waals surface area contributed by atoms with E-state index in [1.807, 2.05) is 16.8 Å². The zero-order chi connectivity index (χ0) is 13.7. The fraction of sp³-hybridized carbons (Fsp3) is 0.929. The number of nitrogens with zero attached hydrogens (tertiary/aromatic N) is 3. The number of hydrogen-bond acceptors (Lipinski definition) is 3. The number of piperazine rings is 1. The molecule has 0 aromatic carbocycles. The Labute approximate surface area is 116 Å². The van der Waals surface area contributed by atoms with Crippen molar-refractivity contribution in [2.45, 2.75) is 19.3 Å². The van der Waals surface area contributed by atoms with Gasteiger partial charge in [-0.25, -0.2) is 4.79 Å². The van der Waals surface area contributed by atoms with Gasteiger partial charge in [-0.3, -0.25) is 0 Å². The van der Waals surface area contributed by atoms with Crippen LogP contribution in [-0.2, 0) is 0 Å². The Morgan fingerprint density at radius 2 is 2.05 bits per heavy atom. The zero-order valence-corrected chi connectivity index (χ0v) is 12.4. The van der Waals surface area contributed by atoms with Crippen LogP contribution in [0.1, 0.15) is 19.3 Å². The van der Waals surface area contributed by atoms with Crippen LogP contribution in [-0.4, -0.2) is 80.6 Å². The summed E-state index contributed by atoms with van der Waals surface area (Å²) < 4.78 is 0. The number of hydrogen-bond donors (Lipinski definition) is 1. The van der Waals surface area contributed by atoms with Gasteiger partial charge in [-0.15, -0.1) is 0 Å². The van der Waals surface area contributed by atoms with Gasteiger partial charge in [-0.05, 0) is 38.8 Å². The summed E-state index contributed by atoms with van der Waals surface area (Å²) in [6.07, 6.45) is 3.76. The molecule has 2 rings (SSSR count). The van der Waals surface area contributed by atoms with E-state index in [1.54, 1.807) is 0 Å². The molecule has 2 aliphatic rings. The van der Waals surface area contributed by atoms with E-state index in [9.17, 15) is 4.79 Å². The molecule has 5 heteroatoms. The van der Waals surface area contributed by atoms with Crippen molar-refractivity contribution in [2.75, 3.05) is 59.9 Å². The van der Waals surface area contributed by atoms with Crippen LogP contribution in [0.25, 0.3) is 0 Å². The lowest BCUT2D eigenvalue weighted by atomic mass is 9.95. The molecule has 0 aliphatic carbocycles. The van der Waals surface area contributed by atoms with Crippen molar-refractivity contribution in [1.29, 1.82) is 0 Å². The minimum Gasteiger partial charge on any atom is -0.328 e. The highest BCUT2D eigenvalue weighted by Crippen LogP contribution is 2.18. The van der Waals surface area contributed by atoms with Crippen LogP contribution in [0.4, 0.5) is 4.79 Å². The Kier molecular flexibility index (Phi) is 5.45. The molecule has 1 atom stereocenters. The highest BCUT2D eigenvalue weighted by atomic mass is 16.2. The highest BCUT2D eigenvalue weighted by molar-refractivity contribution is 5.74. The summed E-state index contributed by atoms with van der Waals surface area (Å²) in [7, 11) is 4.14. The molecule has 2 fully saturated rings. The van der Waals surface area contributed by atoms with Gasteiger partial charge < -0.3 is 20.0 Å². The molecule has 1 unspecified atom stereocenters. The topological polar surface area (TPSA) is 38.8 Å². The first kappa shape index (κ1) is 14.6. The lowest BCUT2D eigenvalue weighted by Gasteiger charge is -2.33. The van der Waals surface area contributed by atoms with Crippen molar-refractivity contribution in [3.63, 3.8) is 0 Å². The van der Waals surface area contributed by atoms with Crippen molar-refractivity contribution >= 4 is 6.03 Å². The smallest absolute Gasteiger partial charge is 0.319 e. The van der Waals surface area contributed by atoms with Crippen LogP contribution >= 0.6 is 0 Å². The second kappa shape index (κ2) is 7.10. The van der Waals surface area contributed by atoms with Crippen LogP contribution in [0, 0.1) is 5.92 Å². The summed E-state index contributed by atoms with van der Waals surface area (Å²) in [5.41, 5.74) is 0. The molecular weight excluding hydrogens is 240 g/mol. The van der Waals surface area contributed by atoms with Crippen molar-refractivity contribution < 1.29 is 4.79 Å². The monoisotopic (exact) mass is 268 g/mol. The van der Waals surface area contributed by atoms with Gasteiger partial charge in [0, 0.05) is 46.3 Å². The number of piperidine rings is 1. The van der Waals surface area contributed by atoms with Gasteiger partial charge in [0.05, 0.1) is 0 Å². The fourth-order valence-corrected chi connectivity index (χ4v) is 3.08. The molecule has 0 saturated carbocycles. The minimum absolute atomic E-state index is 0.200. The quantitative estimate of drug-likeness (QED) is 0.818. The number of rotatable bonds is 3. The van der Waals surface area contributed by atoms with E-state index in [0.717, 1.165) is 45.1 Å². The lowest BCUT2D eigenvalue weighted by molar-refractivity contribution is 0.146. The molecule has 1 N–H and O–H groups in total. The number of carbonyl (C=O) groups is 1. The molecule has 0 spiro atoms. The van der Waals surface area contributed by atoms with E-state index in [2.05, 4.69) is 17.3 Å². The third kappa shape index (κ3) is 4.35. The molecule has 19 heavy (non-hydrogen) atoms. The number of likely N-dealkylation sites (tertiary alicyclic amines) is 1. The molecule has 2 heterocycles. The van der Waals surface area contributed by atoms with E-state index < -0.39 is 0 Å². The summed E-state index contributed by atoms with van der Waals surface area (Å²) in [5, 5.41) is 3.28. The van der Waals surface area contributed by atoms with Crippen LogP contribution in [0.15, 0.2) is 0 Å². The molecule has 2 amide bonds. The summed E-state index contributed by atoms with van der Waals surface area (Å²) in [6.45, 7) is 6.84. The van der Waals surface area contributed by atoms with Crippen molar-refractivity contribution in [3.05, 3.63) is 0 Å². The normalized spacial score (nSPS) is 25.4. The standard InChI is InChI=1S/C14H28N4O/c1-16-8-3-4-13(12-16)5-9-17(2)14(19)18-10-6-15-7-11-18/h13,15H,3-12H2,1-2H3. The van der Waals surface area contributed by atoms with Crippen molar-refractivity contribution in [1.82, 2.24) is 20.0 Å². The molecular formula is C14H28N4O. The maximum Gasteiger partial charge on any atom is 0.319 e. The van der Waals surface area contributed by atoms with E-state index >= 15 is 0 Å². The molecule has 0 aromatic heterocycles. The third-order valence-corrected chi connectivity index (χ3v) is 4.31. The number of carbonyl (C=O) groups excluding carboxylic acids is 1. The summed E-state index contributed by atoms with van der Waals surface area (Å²) >= 11 is 0. The molecule has 0 aromatic rings. The average molecular weight is 268 g/mol. The first-order valence-electron chi connectivity index (χ1n) is 7.56. The summed E-state index contributed by atoms with van der Waals surface area (Å²) in [5.74, 6) is 0.761. The van der Waals surface area contributed by atoms with Crippen molar-refractivity contribution in [3.8, 4) is 0 Å². The Bertz CT molecular complexity index is 291. The Morgan fingerprint density at radius 1 is 1.32 bits per heavy atom. The predicted octanol–water partition coefficient (Wildman–Crippen LogP) is 0.675. The van der Waals surface area contributed by atoms with Gasteiger partial charge in [0.2, 0.25) is 0 Å². The Morgan fingerprint density at radius 3 is 2.74 bits per heavy atom. The maximum atomic E-state index is 12.2. The van der Waals surface area contributed by atoms with E-state index in [4.69, 9.17) is 0 Å². The molecule has 110 valence electrons. The largest absolute Gasteiger partial charge is 0.328 e. The number of nitrogens with one attached hydrogen (secondary N) is 1. The van der Waals surface area contributed by atoms with E-state index in [0.29, 0.717) is 0 Å². The van der Waals surface area contributed by atoms with Crippen LogP contribution in [0.3, 0.4) is 0 Å². The van der Waals surface area contributed by atoms with Crippen LogP contribution in [0.5, 0.6) is 0 Å². The third-order valence-electron chi connectivity index (χ3n) is 4.31. The fourth-order valence-electron chi connectivity index (χ4n) is 3.08. The van der Waals surface area contributed by atoms with Gasteiger partial charge in [0.25, 0.3) is 0 Å². The Balaban J connectivity index is 1.70. The zero-order valence-electron chi connectivity index (χ0n) is 12.4. The van der Waals surface area contributed by atoms with E-state index in [1.165, 1.54) is 25.9 Å². The van der Waals surface area contributed by atoms with Crippen LogP contribution in [0.2, 0.25) is 0 Å². The number of amides is 2. The first-order valence-corrected chi connectivity index (χ1v) is 7.56. The lowest BCUT2D eigenvalue weighted by Crippen LogP contribution is -2.51. The molecule has 2 aliphatic heterocycles. The highest BCUT2D eigenvalue weighted by Gasteiger charge is 2.22. The Hall–Kier alpha value is -0.810. The minimum atomic E-state index is 0.200. The molecule has 0 radical (unpaired) electrons. The maximum absolute atomic E-state index is 12.2. The van der Waals surface area contributed by atoms with Gasteiger partial charge in [-0.1, -0.05) is 0 Å². The van der Waals surface area contributed by atoms with E-state index in [-0.39, 0.29) is 6.03 Å². The number of urea groups is 1. The van der Waals surface area contributed by atoms with Gasteiger partial charge in [0.1, 0.15) is 0 Å². The second-order valence-electron chi connectivity index (χ2n) is 6.00. The van der Waals surface area contributed by atoms with Gasteiger partial charge in [0.15, 0.2) is 0 Å². The molecule has 0 bridgehead atoms. The average Bonchev–Trinajstić information content (AvgIpc) is 2.45. The van der Waals surface area contributed by atoms with Crippen molar-refractivity contribution in [2.24, 2.45) is 5.92 Å². The second-order valence-corrected chi connectivity index (χ2v) is 6.00. The first-order chi connectivity index (χ1) is 9.16. The van der Waals surface area contributed by atoms with Gasteiger partial charge in [-0.2, -0.15) is 0 Å². The summed E-state index contributed by atoms with van der Waals surface area (Å²) in [4.78, 5) is 18.5. The predicted molar refractivity (Wildman–Crippen MR) is 77.3 cm³/mol. The SMILES string of the molecule is CN1CCCC(CCN(C)C(=O)N2CCNCC2)C1. The van der Waals surface area contributed by atoms with Crippen LogP contribution < -0.4 is 5.32 Å². The van der Waals surface area contributed by atoms with Gasteiger partial charge >= 0.3 is 6.03 Å².